The van der Waals surface area contributed by atoms with E-state index in [1.165, 1.54) is 43.5 Å². The fourth-order valence-corrected chi connectivity index (χ4v) is 4.90. The number of thiophene rings is 1. The molecule has 3 aromatic heterocycles. The Morgan fingerprint density at radius 2 is 2.00 bits per heavy atom. The van der Waals surface area contributed by atoms with Crippen LogP contribution in [0.1, 0.15) is 69.4 Å². The molecule has 4 heterocycles. The molecule has 0 spiro atoms. The van der Waals surface area contributed by atoms with Crippen molar-refractivity contribution in [3.05, 3.63) is 28.8 Å². The summed E-state index contributed by atoms with van der Waals surface area (Å²) in [6.07, 6.45) is 6.37. The van der Waals surface area contributed by atoms with Crippen LogP contribution < -0.4 is 5.73 Å². The SMILES string of the molecule is CC.C[C@H]1CCCCN1Cc1cc2c(N)nc(-c3ccc(C4CC4)o3)nc2s1. The molecular weight excluding hydrogens is 368 g/mol. The van der Waals surface area contributed by atoms with E-state index in [1.807, 2.05) is 26.0 Å². The summed E-state index contributed by atoms with van der Waals surface area (Å²) in [5.41, 5.74) is 6.25. The quantitative estimate of drug-likeness (QED) is 0.600. The Kier molecular flexibility index (Phi) is 5.69. The van der Waals surface area contributed by atoms with Crippen LogP contribution >= 0.6 is 11.3 Å². The Bertz CT molecular complexity index is 943. The maximum Gasteiger partial charge on any atom is 0.199 e. The number of nitrogens with two attached hydrogens (primary N) is 1. The molecule has 0 amide bonds. The summed E-state index contributed by atoms with van der Waals surface area (Å²) in [7, 11) is 0. The third kappa shape index (κ3) is 3.94. The number of aromatic nitrogens is 2. The number of hydrogen-bond donors (Lipinski definition) is 1. The van der Waals surface area contributed by atoms with E-state index >= 15 is 0 Å². The first kappa shape index (κ1) is 19.4. The molecule has 5 nitrogen and oxygen atoms in total. The number of nitrogen functional groups attached to an aromatic ring is 1. The van der Waals surface area contributed by atoms with E-state index in [-0.39, 0.29) is 0 Å². The first-order valence-corrected chi connectivity index (χ1v) is 11.4. The fourth-order valence-electron chi connectivity index (χ4n) is 3.83. The van der Waals surface area contributed by atoms with Gasteiger partial charge in [0.2, 0.25) is 0 Å². The van der Waals surface area contributed by atoms with Gasteiger partial charge in [-0.1, -0.05) is 20.3 Å². The Morgan fingerprint density at radius 1 is 1.18 bits per heavy atom. The van der Waals surface area contributed by atoms with Crippen molar-refractivity contribution in [2.24, 2.45) is 0 Å². The standard InChI is InChI=1S/C20H24N4OS.C2H6/c1-12-4-2-3-9-24(12)11-14-10-15-18(21)22-19(23-20(15)26-14)17-8-7-16(25-17)13-5-6-13;1-2/h7-8,10,12-13H,2-6,9,11H2,1H3,(H2,21,22,23);1-2H3/t12-;/m0./s1. The lowest BCUT2D eigenvalue weighted by atomic mass is 10.0. The molecule has 2 aliphatic rings. The minimum atomic E-state index is 0.545. The first-order chi connectivity index (χ1) is 13.7. The zero-order valence-electron chi connectivity index (χ0n) is 17.1. The second-order valence-corrected chi connectivity index (χ2v) is 8.77. The molecule has 1 saturated carbocycles. The smallest absolute Gasteiger partial charge is 0.199 e. The molecule has 0 unspecified atom stereocenters. The molecule has 1 aliphatic heterocycles. The third-order valence-electron chi connectivity index (χ3n) is 5.60. The van der Waals surface area contributed by atoms with Crippen molar-refractivity contribution in [1.29, 1.82) is 0 Å². The van der Waals surface area contributed by atoms with Crippen molar-refractivity contribution in [1.82, 2.24) is 14.9 Å². The number of fused-ring (bicyclic) bond motifs is 1. The highest BCUT2D eigenvalue weighted by Gasteiger charge is 2.27. The predicted octanol–water partition coefficient (Wildman–Crippen LogP) is 5.81. The number of anilines is 1. The Labute approximate surface area is 171 Å². The van der Waals surface area contributed by atoms with Gasteiger partial charge in [-0.25, -0.2) is 9.97 Å². The van der Waals surface area contributed by atoms with Gasteiger partial charge in [-0.3, -0.25) is 4.90 Å². The van der Waals surface area contributed by atoms with Crippen LogP contribution in [0, 0.1) is 0 Å². The van der Waals surface area contributed by atoms with E-state index in [0.717, 1.165) is 28.3 Å². The van der Waals surface area contributed by atoms with Gasteiger partial charge in [0.15, 0.2) is 11.6 Å². The highest BCUT2D eigenvalue weighted by Crippen LogP contribution is 2.42. The van der Waals surface area contributed by atoms with Crippen LogP contribution in [0.3, 0.4) is 0 Å². The number of piperidine rings is 1. The predicted molar refractivity (Wildman–Crippen MR) is 117 cm³/mol. The van der Waals surface area contributed by atoms with Crippen LogP contribution in [0.25, 0.3) is 21.8 Å². The van der Waals surface area contributed by atoms with E-state index in [0.29, 0.717) is 23.6 Å². The van der Waals surface area contributed by atoms with Gasteiger partial charge < -0.3 is 10.2 Å². The van der Waals surface area contributed by atoms with Crippen molar-refractivity contribution >= 4 is 27.4 Å². The van der Waals surface area contributed by atoms with E-state index in [2.05, 4.69) is 22.9 Å². The maximum absolute atomic E-state index is 6.25. The second kappa shape index (κ2) is 8.21. The van der Waals surface area contributed by atoms with Crippen molar-refractivity contribution in [3.63, 3.8) is 0 Å². The molecule has 3 aromatic rings. The van der Waals surface area contributed by atoms with Crippen molar-refractivity contribution in [2.45, 2.75) is 71.4 Å². The summed E-state index contributed by atoms with van der Waals surface area (Å²) in [5, 5.41) is 0.965. The lowest BCUT2D eigenvalue weighted by Gasteiger charge is -2.32. The van der Waals surface area contributed by atoms with Crippen molar-refractivity contribution in [3.8, 4) is 11.6 Å². The second-order valence-electron chi connectivity index (χ2n) is 7.66. The summed E-state index contributed by atoms with van der Waals surface area (Å²) in [4.78, 5) is 14.1. The topological polar surface area (TPSA) is 68.2 Å². The molecule has 150 valence electrons. The summed E-state index contributed by atoms with van der Waals surface area (Å²) in [5.74, 6) is 3.50. The fraction of sp³-hybridized carbons (Fsp3) is 0.545. The number of hydrogen-bond acceptors (Lipinski definition) is 6. The zero-order chi connectivity index (χ0) is 19.7. The zero-order valence-corrected chi connectivity index (χ0v) is 17.9. The molecule has 2 fully saturated rings. The van der Waals surface area contributed by atoms with Crippen LogP contribution in [0.15, 0.2) is 22.6 Å². The van der Waals surface area contributed by atoms with E-state index in [4.69, 9.17) is 15.1 Å². The summed E-state index contributed by atoms with van der Waals surface area (Å²) in [6, 6.07) is 6.84. The average Bonchev–Trinajstić information content (AvgIpc) is 3.28. The minimum Gasteiger partial charge on any atom is -0.457 e. The number of furan rings is 1. The van der Waals surface area contributed by atoms with Gasteiger partial charge in [-0.2, -0.15) is 0 Å². The van der Waals surface area contributed by atoms with Gasteiger partial charge >= 0.3 is 0 Å². The van der Waals surface area contributed by atoms with Gasteiger partial charge in [0.25, 0.3) is 0 Å². The average molecular weight is 399 g/mol. The molecule has 28 heavy (non-hydrogen) atoms. The molecule has 0 radical (unpaired) electrons. The Hall–Kier alpha value is -1.92. The molecule has 0 aromatic carbocycles. The van der Waals surface area contributed by atoms with Crippen LogP contribution in [0.4, 0.5) is 5.82 Å². The number of nitrogens with zero attached hydrogens (tertiary/aromatic N) is 3. The van der Waals surface area contributed by atoms with Crippen molar-refractivity contribution < 1.29 is 4.42 Å². The lowest BCUT2D eigenvalue weighted by molar-refractivity contribution is 0.154. The molecular formula is C22H30N4OS. The molecule has 2 N–H and O–H groups in total. The van der Waals surface area contributed by atoms with Gasteiger partial charge in [-0.05, 0) is 57.4 Å². The normalized spacial score (nSPS) is 20.2. The number of rotatable bonds is 4. The minimum absolute atomic E-state index is 0.545. The summed E-state index contributed by atoms with van der Waals surface area (Å²) in [6.45, 7) is 8.48. The molecule has 0 bridgehead atoms. The first-order valence-electron chi connectivity index (χ1n) is 10.6. The molecule has 6 heteroatoms. The highest BCUT2D eigenvalue weighted by molar-refractivity contribution is 7.18. The van der Waals surface area contributed by atoms with Crippen LogP contribution in [-0.2, 0) is 6.54 Å². The summed E-state index contributed by atoms with van der Waals surface area (Å²) >= 11 is 1.73. The van der Waals surface area contributed by atoms with E-state index < -0.39 is 0 Å². The van der Waals surface area contributed by atoms with Gasteiger partial charge in [0, 0.05) is 23.4 Å². The van der Waals surface area contributed by atoms with Crippen LogP contribution in [-0.4, -0.2) is 27.5 Å². The largest absolute Gasteiger partial charge is 0.457 e. The van der Waals surface area contributed by atoms with Crippen LogP contribution in [0.2, 0.25) is 0 Å². The monoisotopic (exact) mass is 398 g/mol. The van der Waals surface area contributed by atoms with Gasteiger partial charge in [-0.15, -0.1) is 11.3 Å². The Morgan fingerprint density at radius 3 is 2.75 bits per heavy atom. The van der Waals surface area contributed by atoms with E-state index in [1.54, 1.807) is 11.3 Å². The maximum atomic E-state index is 6.25. The van der Waals surface area contributed by atoms with Gasteiger partial charge in [0.1, 0.15) is 16.4 Å². The Balaban J connectivity index is 0.000000932. The van der Waals surface area contributed by atoms with Crippen molar-refractivity contribution in [2.75, 3.05) is 12.3 Å². The lowest BCUT2D eigenvalue weighted by Crippen LogP contribution is -2.36. The third-order valence-corrected chi connectivity index (χ3v) is 6.61. The summed E-state index contributed by atoms with van der Waals surface area (Å²) < 4.78 is 5.96. The molecule has 5 rings (SSSR count). The van der Waals surface area contributed by atoms with Crippen LogP contribution in [0.5, 0.6) is 0 Å². The highest BCUT2D eigenvalue weighted by atomic mass is 32.1. The van der Waals surface area contributed by atoms with Gasteiger partial charge in [0.05, 0.1) is 5.39 Å². The molecule has 1 aliphatic carbocycles. The molecule has 1 atom stereocenters. The van der Waals surface area contributed by atoms with E-state index in [9.17, 15) is 0 Å². The molecule has 1 saturated heterocycles. The number of likely N-dealkylation sites (tertiary alicyclic amines) is 1.